The van der Waals surface area contributed by atoms with Gasteiger partial charge in [0.2, 0.25) is 0 Å². The Morgan fingerprint density at radius 2 is 0.541 bits per heavy atom. The highest BCUT2D eigenvalue weighted by Crippen LogP contribution is 2.16. The van der Waals surface area contributed by atoms with Crippen LogP contribution in [0.4, 0.5) is 0 Å². The number of ether oxygens (including phenoxy) is 3. The van der Waals surface area contributed by atoms with Crippen LogP contribution in [-0.4, -0.2) is 37.2 Å². The normalized spacial score (nSPS) is 12.0. The first-order chi connectivity index (χ1) is 30.0. The number of esters is 3. The summed E-state index contributed by atoms with van der Waals surface area (Å²) >= 11 is 0. The second kappa shape index (κ2) is 50.8. The molecular formula is C55H104O6. The molecule has 1 atom stereocenters. The van der Waals surface area contributed by atoms with Gasteiger partial charge in [-0.1, -0.05) is 251 Å². The van der Waals surface area contributed by atoms with Crippen LogP contribution in [0.25, 0.3) is 0 Å². The van der Waals surface area contributed by atoms with Crippen molar-refractivity contribution in [2.75, 3.05) is 13.2 Å². The molecule has 0 aliphatic carbocycles. The van der Waals surface area contributed by atoms with Crippen molar-refractivity contribution in [1.82, 2.24) is 0 Å². The lowest BCUT2D eigenvalue weighted by molar-refractivity contribution is -0.167. The van der Waals surface area contributed by atoms with Crippen LogP contribution in [0, 0.1) is 0 Å². The lowest BCUT2D eigenvalue weighted by Gasteiger charge is -2.18. The minimum absolute atomic E-state index is 0.0669. The number of allylic oxidation sites excluding steroid dienone is 2. The molecule has 0 saturated heterocycles. The fourth-order valence-corrected chi connectivity index (χ4v) is 8.14. The molecule has 1 unspecified atom stereocenters. The zero-order valence-corrected chi connectivity index (χ0v) is 41.2. The summed E-state index contributed by atoms with van der Waals surface area (Å²) in [7, 11) is 0. The highest BCUT2D eigenvalue weighted by Gasteiger charge is 2.19. The van der Waals surface area contributed by atoms with Gasteiger partial charge in [-0.05, 0) is 44.9 Å². The van der Waals surface area contributed by atoms with Crippen molar-refractivity contribution in [3.05, 3.63) is 12.2 Å². The van der Waals surface area contributed by atoms with Gasteiger partial charge in [0.15, 0.2) is 6.10 Å². The number of hydrogen-bond acceptors (Lipinski definition) is 6. The van der Waals surface area contributed by atoms with Crippen LogP contribution in [-0.2, 0) is 28.6 Å². The number of carbonyl (C=O) groups is 3. The Labute approximate surface area is 380 Å². The van der Waals surface area contributed by atoms with Crippen molar-refractivity contribution in [1.29, 1.82) is 0 Å². The van der Waals surface area contributed by atoms with E-state index in [9.17, 15) is 14.4 Å². The Balaban J connectivity index is 4.33. The van der Waals surface area contributed by atoms with Gasteiger partial charge in [0.1, 0.15) is 13.2 Å². The van der Waals surface area contributed by atoms with Gasteiger partial charge in [-0.3, -0.25) is 14.4 Å². The summed E-state index contributed by atoms with van der Waals surface area (Å²) in [5, 5.41) is 0. The second-order valence-corrected chi connectivity index (χ2v) is 18.5. The van der Waals surface area contributed by atoms with E-state index in [4.69, 9.17) is 14.2 Å². The minimum atomic E-state index is -0.766. The minimum Gasteiger partial charge on any atom is -0.462 e. The summed E-state index contributed by atoms with van der Waals surface area (Å²) in [4.78, 5) is 38.0. The molecule has 360 valence electrons. The maximum absolute atomic E-state index is 12.8. The third kappa shape index (κ3) is 49.0. The fourth-order valence-electron chi connectivity index (χ4n) is 8.14. The average Bonchev–Trinajstić information content (AvgIpc) is 3.26. The topological polar surface area (TPSA) is 78.9 Å². The molecule has 0 heterocycles. The molecule has 0 aliphatic rings. The SMILES string of the molecule is CCCCCCCC/C=C/CCCCCCCC(=O)OCC(COC(=O)CCCCCCCCCCCCCCC)OC(=O)CCCCCCCCCCCCCCCCC. The second-order valence-electron chi connectivity index (χ2n) is 18.5. The molecule has 0 aromatic rings. The first-order valence-electron chi connectivity index (χ1n) is 27.2. The molecule has 6 heteroatoms. The molecule has 0 amide bonds. The van der Waals surface area contributed by atoms with Crippen molar-refractivity contribution < 1.29 is 28.6 Å². The van der Waals surface area contributed by atoms with Crippen LogP contribution in [0.5, 0.6) is 0 Å². The van der Waals surface area contributed by atoms with Crippen molar-refractivity contribution >= 4 is 17.9 Å². The molecule has 0 aliphatic heterocycles. The van der Waals surface area contributed by atoms with Crippen molar-refractivity contribution in [3.63, 3.8) is 0 Å². The number of carbonyl (C=O) groups excluding carboxylic acids is 3. The van der Waals surface area contributed by atoms with Gasteiger partial charge in [-0.25, -0.2) is 0 Å². The molecule has 6 nitrogen and oxygen atoms in total. The monoisotopic (exact) mass is 861 g/mol. The molecule has 0 spiro atoms. The lowest BCUT2D eigenvalue weighted by Crippen LogP contribution is -2.30. The summed E-state index contributed by atoms with van der Waals surface area (Å²) in [6, 6.07) is 0. The lowest BCUT2D eigenvalue weighted by atomic mass is 10.0. The van der Waals surface area contributed by atoms with E-state index in [2.05, 4.69) is 32.9 Å². The number of rotatable bonds is 50. The number of hydrogen-bond donors (Lipinski definition) is 0. The molecule has 61 heavy (non-hydrogen) atoms. The molecule has 0 radical (unpaired) electrons. The Morgan fingerprint density at radius 1 is 0.311 bits per heavy atom. The summed E-state index contributed by atoms with van der Waals surface area (Å²) in [6.07, 6.45) is 56.2. The predicted molar refractivity (Wildman–Crippen MR) is 261 cm³/mol. The molecule has 0 fully saturated rings. The zero-order chi connectivity index (χ0) is 44.4. The highest BCUT2D eigenvalue weighted by molar-refractivity contribution is 5.71. The summed E-state index contributed by atoms with van der Waals surface area (Å²) < 4.78 is 16.8. The van der Waals surface area contributed by atoms with Crippen LogP contribution in [0.15, 0.2) is 12.2 Å². The molecule has 0 N–H and O–H groups in total. The Bertz CT molecular complexity index is 947. The number of unbranched alkanes of at least 4 members (excludes halogenated alkanes) is 37. The van der Waals surface area contributed by atoms with Gasteiger partial charge in [-0.15, -0.1) is 0 Å². The van der Waals surface area contributed by atoms with Gasteiger partial charge in [0.05, 0.1) is 0 Å². The first kappa shape index (κ1) is 59.1. The Kier molecular flexibility index (Phi) is 49.3. The van der Waals surface area contributed by atoms with E-state index in [1.165, 1.54) is 199 Å². The fraction of sp³-hybridized carbons (Fsp3) is 0.909. The maximum Gasteiger partial charge on any atom is 0.306 e. The van der Waals surface area contributed by atoms with Crippen molar-refractivity contribution in [3.8, 4) is 0 Å². The van der Waals surface area contributed by atoms with Crippen LogP contribution in [0.1, 0.15) is 303 Å². The van der Waals surface area contributed by atoms with E-state index in [1.807, 2.05) is 0 Å². The molecule has 0 bridgehead atoms. The van der Waals surface area contributed by atoms with E-state index in [0.29, 0.717) is 19.3 Å². The van der Waals surface area contributed by atoms with Crippen LogP contribution >= 0.6 is 0 Å². The molecular weight excluding hydrogens is 757 g/mol. The van der Waals surface area contributed by atoms with E-state index >= 15 is 0 Å². The van der Waals surface area contributed by atoms with Crippen LogP contribution < -0.4 is 0 Å². The highest BCUT2D eigenvalue weighted by atomic mass is 16.6. The van der Waals surface area contributed by atoms with Gasteiger partial charge >= 0.3 is 17.9 Å². The quantitative estimate of drug-likeness (QED) is 0.0262. The Hall–Kier alpha value is -1.85. The summed E-state index contributed by atoms with van der Waals surface area (Å²) in [6.45, 7) is 6.67. The van der Waals surface area contributed by atoms with E-state index in [0.717, 1.165) is 64.2 Å². The standard InChI is InChI=1S/C55H104O6/c1-4-7-10-13-16-19-22-25-27-30-33-36-39-42-45-48-54(57)60-51-52(50-59-53(56)47-44-41-38-35-32-29-24-21-18-15-12-9-6-3)61-55(58)49-46-43-40-37-34-31-28-26-23-20-17-14-11-8-5-2/h25,27,52H,4-24,26,28-51H2,1-3H3/b27-25+. The molecule has 0 saturated carbocycles. The third-order valence-electron chi connectivity index (χ3n) is 12.3. The van der Waals surface area contributed by atoms with Gasteiger partial charge in [0, 0.05) is 19.3 Å². The van der Waals surface area contributed by atoms with Crippen LogP contribution in [0.2, 0.25) is 0 Å². The Morgan fingerprint density at radius 3 is 0.820 bits per heavy atom. The van der Waals surface area contributed by atoms with E-state index in [-0.39, 0.29) is 31.1 Å². The predicted octanol–water partition coefficient (Wildman–Crippen LogP) is 17.8. The zero-order valence-electron chi connectivity index (χ0n) is 41.2. The van der Waals surface area contributed by atoms with Gasteiger partial charge < -0.3 is 14.2 Å². The van der Waals surface area contributed by atoms with Crippen LogP contribution in [0.3, 0.4) is 0 Å². The van der Waals surface area contributed by atoms with Gasteiger partial charge in [-0.2, -0.15) is 0 Å². The average molecular weight is 861 g/mol. The first-order valence-corrected chi connectivity index (χ1v) is 27.2. The maximum atomic E-state index is 12.8. The molecule has 0 aromatic heterocycles. The summed E-state index contributed by atoms with van der Waals surface area (Å²) in [5.74, 6) is -0.855. The van der Waals surface area contributed by atoms with Crippen molar-refractivity contribution in [2.24, 2.45) is 0 Å². The smallest absolute Gasteiger partial charge is 0.306 e. The van der Waals surface area contributed by atoms with Crippen molar-refractivity contribution in [2.45, 2.75) is 309 Å². The molecule has 0 rings (SSSR count). The largest absolute Gasteiger partial charge is 0.462 e. The third-order valence-corrected chi connectivity index (χ3v) is 12.3. The molecule has 0 aromatic carbocycles. The van der Waals surface area contributed by atoms with E-state index in [1.54, 1.807) is 0 Å². The summed E-state index contributed by atoms with van der Waals surface area (Å²) in [5.41, 5.74) is 0. The van der Waals surface area contributed by atoms with E-state index < -0.39 is 6.10 Å². The van der Waals surface area contributed by atoms with Gasteiger partial charge in [0.25, 0.3) is 0 Å².